The molecule has 2 amide bonds. The minimum Gasteiger partial charge on any atom is -0.494 e. The van der Waals surface area contributed by atoms with Crippen LogP contribution < -0.4 is 24.8 Å². The van der Waals surface area contributed by atoms with Crippen molar-refractivity contribution in [2.24, 2.45) is 0 Å². The summed E-state index contributed by atoms with van der Waals surface area (Å²) in [6.45, 7) is 1.39. The number of rotatable bonds is 7. The van der Waals surface area contributed by atoms with Gasteiger partial charge in [-0.05, 0) is 18.2 Å². The van der Waals surface area contributed by atoms with Crippen LogP contribution in [-0.2, 0) is 14.3 Å². The first kappa shape index (κ1) is 21.0. The minimum absolute atomic E-state index is 0.0794. The van der Waals surface area contributed by atoms with Crippen molar-refractivity contribution < 1.29 is 33.3 Å². The average Bonchev–Trinajstić information content (AvgIpc) is 3.03. The molecule has 0 unspecified atom stereocenters. The van der Waals surface area contributed by atoms with Crippen LogP contribution in [0, 0.1) is 0 Å². The van der Waals surface area contributed by atoms with E-state index in [0.717, 1.165) is 0 Å². The SMILES string of the molecule is COc1cc(NC(=O)C[C@H]2OC(=O)c3c2ccc(OC)c3OC)ccc1NC(C)=O. The number of hydrogen-bond donors (Lipinski definition) is 2. The molecule has 1 heterocycles. The van der Waals surface area contributed by atoms with Crippen LogP contribution in [0.2, 0.25) is 0 Å². The quantitative estimate of drug-likeness (QED) is 0.670. The largest absolute Gasteiger partial charge is 0.494 e. The van der Waals surface area contributed by atoms with Gasteiger partial charge in [0, 0.05) is 24.2 Å². The summed E-state index contributed by atoms with van der Waals surface area (Å²) in [6.07, 6.45) is -0.822. The first-order chi connectivity index (χ1) is 14.4. The Bertz CT molecular complexity index is 1000. The van der Waals surface area contributed by atoms with Crippen LogP contribution in [0.1, 0.15) is 35.4 Å². The smallest absolute Gasteiger partial charge is 0.343 e. The number of fused-ring (bicyclic) bond motifs is 1. The van der Waals surface area contributed by atoms with Crippen LogP contribution in [0.15, 0.2) is 30.3 Å². The highest BCUT2D eigenvalue weighted by molar-refractivity contribution is 5.99. The van der Waals surface area contributed by atoms with E-state index in [1.54, 1.807) is 30.3 Å². The van der Waals surface area contributed by atoms with E-state index in [2.05, 4.69) is 10.6 Å². The number of methoxy groups -OCH3 is 3. The molecule has 0 aromatic heterocycles. The van der Waals surface area contributed by atoms with E-state index in [4.69, 9.17) is 18.9 Å². The van der Waals surface area contributed by atoms with E-state index in [9.17, 15) is 14.4 Å². The molecule has 0 aliphatic carbocycles. The van der Waals surface area contributed by atoms with Crippen molar-refractivity contribution in [3.05, 3.63) is 41.5 Å². The van der Waals surface area contributed by atoms with Gasteiger partial charge in [-0.15, -0.1) is 0 Å². The second-order valence-electron chi connectivity index (χ2n) is 6.51. The van der Waals surface area contributed by atoms with Crippen molar-refractivity contribution in [1.29, 1.82) is 0 Å². The Labute approximate surface area is 173 Å². The van der Waals surface area contributed by atoms with Crippen molar-refractivity contribution >= 4 is 29.2 Å². The van der Waals surface area contributed by atoms with Crippen LogP contribution in [-0.4, -0.2) is 39.1 Å². The predicted molar refractivity (Wildman–Crippen MR) is 108 cm³/mol. The number of anilines is 2. The number of carbonyl (C=O) groups excluding carboxylic acids is 3. The van der Waals surface area contributed by atoms with E-state index in [0.29, 0.717) is 28.4 Å². The molecule has 30 heavy (non-hydrogen) atoms. The molecule has 158 valence electrons. The molecule has 1 aliphatic heterocycles. The van der Waals surface area contributed by atoms with Crippen LogP contribution in [0.25, 0.3) is 0 Å². The van der Waals surface area contributed by atoms with Crippen LogP contribution >= 0.6 is 0 Å². The van der Waals surface area contributed by atoms with Gasteiger partial charge in [0.1, 0.15) is 17.4 Å². The molecule has 3 rings (SSSR count). The van der Waals surface area contributed by atoms with Gasteiger partial charge in [0.2, 0.25) is 11.8 Å². The first-order valence-electron chi connectivity index (χ1n) is 9.09. The summed E-state index contributed by atoms with van der Waals surface area (Å²) in [5.74, 6) is -0.0770. The maximum absolute atomic E-state index is 12.6. The molecule has 9 nitrogen and oxygen atoms in total. The van der Waals surface area contributed by atoms with Crippen molar-refractivity contribution in [3.8, 4) is 17.2 Å². The molecule has 0 radical (unpaired) electrons. The Morgan fingerprint density at radius 3 is 2.37 bits per heavy atom. The zero-order valence-electron chi connectivity index (χ0n) is 17.0. The number of nitrogens with one attached hydrogen (secondary N) is 2. The number of benzene rings is 2. The summed E-state index contributed by atoms with van der Waals surface area (Å²) in [4.78, 5) is 36.1. The molecule has 0 saturated heterocycles. The molecule has 0 saturated carbocycles. The Morgan fingerprint density at radius 2 is 1.73 bits per heavy atom. The monoisotopic (exact) mass is 414 g/mol. The van der Waals surface area contributed by atoms with E-state index >= 15 is 0 Å². The summed E-state index contributed by atoms with van der Waals surface area (Å²) in [5.41, 5.74) is 1.79. The highest BCUT2D eigenvalue weighted by Gasteiger charge is 2.36. The maximum Gasteiger partial charge on any atom is 0.343 e. The molecule has 9 heteroatoms. The zero-order chi connectivity index (χ0) is 21.8. The third-order valence-corrected chi connectivity index (χ3v) is 4.54. The predicted octanol–water partition coefficient (Wildman–Crippen LogP) is 2.91. The fourth-order valence-electron chi connectivity index (χ4n) is 3.27. The lowest BCUT2D eigenvalue weighted by Gasteiger charge is -2.14. The molecule has 0 bridgehead atoms. The Hall–Kier alpha value is -3.75. The van der Waals surface area contributed by atoms with Gasteiger partial charge in [-0.25, -0.2) is 4.79 Å². The second kappa shape index (κ2) is 8.73. The van der Waals surface area contributed by atoms with Gasteiger partial charge in [0.05, 0.1) is 33.4 Å². The van der Waals surface area contributed by atoms with Gasteiger partial charge >= 0.3 is 5.97 Å². The zero-order valence-corrected chi connectivity index (χ0v) is 17.0. The fraction of sp³-hybridized carbons (Fsp3) is 0.286. The molecule has 0 spiro atoms. The lowest BCUT2D eigenvalue weighted by Crippen LogP contribution is -2.16. The molecule has 0 fully saturated rings. The second-order valence-corrected chi connectivity index (χ2v) is 6.51. The fourth-order valence-corrected chi connectivity index (χ4v) is 3.27. The van der Waals surface area contributed by atoms with E-state index in [1.165, 1.54) is 28.3 Å². The third kappa shape index (κ3) is 4.14. The van der Waals surface area contributed by atoms with Gasteiger partial charge in [0.25, 0.3) is 0 Å². The average molecular weight is 414 g/mol. The number of carbonyl (C=O) groups is 3. The van der Waals surface area contributed by atoms with Gasteiger partial charge in [0.15, 0.2) is 11.5 Å². The standard InChI is InChI=1S/C21H22N2O7/c1-11(24)22-14-7-5-12(9-17(14)28-3)23-18(25)10-16-13-6-8-15(27-2)20(29-4)19(13)21(26)30-16/h5-9,16H,10H2,1-4H3,(H,22,24)(H,23,25)/t16-/m1/s1. The molecule has 1 atom stereocenters. The maximum atomic E-state index is 12.6. The van der Waals surface area contributed by atoms with Crippen molar-refractivity contribution in [3.63, 3.8) is 0 Å². The molecular weight excluding hydrogens is 392 g/mol. The van der Waals surface area contributed by atoms with E-state index in [1.807, 2.05) is 0 Å². The van der Waals surface area contributed by atoms with Crippen molar-refractivity contribution in [2.75, 3.05) is 32.0 Å². The summed E-state index contributed by atoms with van der Waals surface area (Å²) in [6, 6.07) is 8.19. The molecule has 2 aromatic carbocycles. The van der Waals surface area contributed by atoms with Gasteiger partial charge < -0.3 is 29.6 Å². The molecular formula is C21H22N2O7. The van der Waals surface area contributed by atoms with Gasteiger partial charge in [-0.1, -0.05) is 6.07 Å². The van der Waals surface area contributed by atoms with E-state index < -0.39 is 12.1 Å². The lowest BCUT2D eigenvalue weighted by molar-refractivity contribution is -0.118. The number of esters is 1. The normalized spacial score (nSPS) is 14.4. The van der Waals surface area contributed by atoms with Crippen molar-refractivity contribution in [1.82, 2.24) is 0 Å². The number of amides is 2. The Morgan fingerprint density at radius 1 is 1.00 bits per heavy atom. The van der Waals surface area contributed by atoms with Gasteiger partial charge in [-0.2, -0.15) is 0 Å². The summed E-state index contributed by atoms with van der Waals surface area (Å²) in [5, 5.41) is 5.39. The topological polar surface area (TPSA) is 112 Å². The lowest BCUT2D eigenvalue weighted by atomic mass is 10.0. The molecule has 2 aromatic rings. The van der Waals surface area contributed by atoms with E-state index in [-0.39, 0.29) is 29.5 Å². The number of ether oxygens (including phenoxy) is 4. The van der Waals surface area contributed by atoms with Crippen LogP contribution in [0.3, 0.4) is 0 Å². The first-order valence-corrected chi connectivity index (χ1v) is 9.09. The summed E-state index contributed by atoms with van der Waals surface area (Å²) < 4.78 is 21.1. The van der Waals surface area contributed by atoms with Crippen molar-refractivity contribution in [2.45, 2.75) is 19.4 Å². The molecule has 2 N–H and O–H groups in total. The van der Waals surface area contributed by atoms with Crippen LogP contribution in [0.5, 0.6) is 17.2 Å². The third-order valence-electron chi connectivity index (χ3n) is 4.54. The summed E-state index contributed by atoms with van der Waals surface area (Å²) in [7, 11) is 4.37. The number of cyclic esters (lactones) is 1. The Kier molecular flexibility index (Phi) is 6.10. The summed E-state index contributed by atoms with van der Waals surface area (Å²) >= 11 is 0. The highest BCUT2D eigenvalue weighted by atomic mass is 16.6. The van der Waals surface area contributed by atoms with Gasteiger partial charge in [-0.3, -0.25) is 9.59 Å². The van der Waals surface area contributed by atoms with Crippen LogP contribution in [0.4, 0.5) is 11.4 Å². The molecule has 1 aliphatic rings. The minimum atomic E-state index is -0.743. The Balaban J connectivity index is 1.76. The highest BCUT2D eigenvalue weighted by Crippen LogP contribution is 2.43. The number of hydrogen-bond acceptors (Lipinski definition) is 7.